The number of hydrogen-bond acceptors (Lipinski definition) is 1. The summed E-state index contributed by atoms with van der Waals surface area (Å²) in [5.41, 5.74) is 0. The van der Waals surface area contributed by atoms with Crippen LogP contribution in [0.1, 0.15) is 51.9 Å². The highest BCUT2D eigenvalue weighted by molar-refractivity contribution is 7.99. The van der Waals surface area contributed by atoms with Gasteiger partial charge in [0.2, 0.25) is 0 Å². The predicted molar refractivity (Wildman–Crippen MR) is 56.4 cm³/mol. The van der Waals surface area contributed by atoms with Crippen LogP contribution in [0.15, 0.2) is 0 Å². The number of thioether (sulfide) groups is 1. The Labute approximate surface area is 80.3 Å². The smallest absolute Gasteiger partial charge is 0.135 e. The van der Waals surface area contributed by atoms with Crippen LogP contribution in [0.5, 0.6) is 0 Å². The number of alkyl halides is 1. The molecule has 0 saturated carbocycles. The average molecular weight is 192 g/mol. The van der Waals surface area contributed by atoms with Crippen molar-refractivity contribution in [1.29, 1.82) is 0 Å². The molecule has 0 amide bonds. The van der Waals surface area contributed by atoms with Crippen LogP contribution >= 0.6 is 11.8 Å². The molecule has 0 aromatic heterocycles. The largest absolute Gasteiger partial charge is 0.239 e. The third-order valence-electron chi connectivity index (χ3n) is 1.97. The van der Waals surface area contributed by atoms with E-state index < -0.39 is 0 Å². The molecule has 2 heteroatoms. The Balaban J connectivity index is 2.73. The molecule has 0 nitrogen and oxygen atoms in total. The van der Waals surface area contributed by atoms with Crippen LogP contribution in [0.2, 0.25) is 0 Å². The van der Waals surface area contributed by atoms with Crippen molar-refractivity contribution in [3.63, 3.8) is 0 Å². The maximum absolute atomic E-state index is 11.6. The van der Waals surface area contributed by atoms with E-state index in [1.54, 1.807) is 0 Å². The second kappa shape index (κ2) is 11.3. The predicted octanol–water partition coefficient (Wildman–Crippen LogP) is 4.40. The minimum Gasteiger partial charge on any atom is -0.239 e. The number of hydrogen-bond donors (Lipinski definition) is 0. The Morgan fingerprint density at radius 3 is 2.08 bits per heavy atom. The molecule has 0 saturated heterocycles. The Bertz CT molecular complexity index is 66.2. The SMILES string of the molecule is CCCCCCCCCSCF. The molecule has 74 valence electrons. The van der Waals surface area contributed by atoms with E-state index in [4.69, 9.17) is 0 Å². The van der Waals surface area contributed by atoms with E-state index in [-0.39, 0.29) is 6.01 Å². The van der Waals surface area contributed by atoms with Gasteiger partial charge in [-0.15, -0.1) is 11.8 Å². The third kappa shape index (κ3) is 10.3. The molecule has 0 aromatic carbocycles. The first-order chi connectivity index (χ1) is 5.91. The van der Waals surface area contributed by atoms with E-state index in [9.17, 15) is 4.39 Å². The van der Waals surface area contributed by atoms with E-state index in [1.807, 2.05) is 0 Å². The molecular weight excluding hydrogens is 171 g/mol. The lowest BCUT2D eigenvalue weighted by atomic mass is 10.1. The van der Waals surface area contributed by atoms with Gasteiger partial charge in [-0.3, -0.25) is 0 Å². The van der Waals surface area contributed by atoms with Crippen LogP contribution in [-0.4, -0.2) is 11.8 Å². The van der Waals surface area contributed by atoms with Gasteiger partial charge in [-0.2, -0.15) is 0 Å². The fourth-order valence-electron chi connectivity index (χ4n) is 1.22. The summed E-state index contributed by atoms with van der Waals surface area (Å²) in [6, 6.07) is -0.212. The summed E-state index contributed by atoms with van der Waals surface area (Å²) in [5.74, 6) is 1.00. The summed E-state index contributed by atoms with van der Waals surface area (Å²) in [6.07, 6.45) is 9.27. The van der Waals surface area contributed by atoms with Crippen LogP contribution in [0, 0.1) is 0 Å². The van der Waals surface area contributed by atoms with Gasteiger partial charge in [-0.05, 0) is 12.2 Å². The van der Waals surface area contributed by atoms with Crippen molar-refractivity contribution < 1.29 is 4.39 Å². The maximum atomic E-state index is 11.6. The van der Waals surface area contributed by atoms with E-state index >= 15 is 0 Å². The molecule has 0 aliphatic carbocycles. The molecule has 0 spiro atoms. The van der Waals surface area contributed by atoms with E-state index in [1.165, 1.54) is 56.7 Å². The molecule has 0 aliphatic heterocycles. The first-order valence-electron chi connectivity index (χ1n) is 5.05. The molecule has 0 rings (SSSR count). The summed E-state index contributed by atoms with van der Waals surface area (Å²) in [5, 5.41) is 0. The summed E-state index contributed by atoms with van der Waals surface area (Å²) < 4.78 is 11.6. The third-order valence-corrected chi connectivity index (χ3v) is 2.70. The van der Waals surface area contributed by atoms with Gasteiger partial charge in [0.1, 0.15) is 6.01 Å². The van der Waals surface area contributed by atoms with Gasteiger partial charge in [0, 0.05) is 0 Å². The van der Waals surface area contributed by atoms with Gasteiger partial charge >= 0.3 is 0 Å². The molecule has 0 atom stereocenters. The summed E-state index contributed by atoms with van der Waals surface area (Å²) in [6.45, 7) is 2.23. The first kappa shape index (κ1) is 12.3. The van der Waals surface area contributed by atoms with E-state index in [2.05, 4.69) is 6.92 Å². The Morgan fingerprint density at radius 1 is 0.917 bits per heavy atom. The lowest BCUT2D eigenvalue weighted by molar-refractivity contribution is 0.596. The molecule has 0 aromatic rings. The Morgan fingerprint density at radius 2 is 1.50 bits per heavy atom. The highest BCUT2D eigenvalue weighted by Gasteiger charge is 1.90. The fourth-order valence-corrected chi connectivity index (χ4v) is 1.73. The quantitative estimate of drug-likeness (QED) is 0.488. The molecular formula is C10H21FS. The molecule has 0 unspecified atom stereocenters. The zero-order valence-corrected chi connectivity index (χ0v) is 8.97. The Kier molecular flexibility index (Phi) is 11.5. The van der Waals surface area contributed by atoms with Gasteiger partial charge in [0.25, 0.3) is 0 Å². The average Bonchev–Trinajstić information content (AvgIpc) is 2.10. The summed E-state index contributed by atoms with van der Waals surface area (Å²) >= 11 is 1.41. The molecule has 0 radical (unpaired) electrons. The van der Waals surface area contributed by atoms with Crippen molar-refractivity contribution in [1.82, 2.24) is 0 Å². The summed E-state index contributed by atoms with van der Waals surface area (Å²) in [4.78, 5) is 0. The van der Waals surface area contributed by atoms with Gasteiger partial charge < -0.3 is 0 Å². The van der Waals surface area contributed by atoms with E-state index in [0.29, 0.717) is 0 Å². The van der Waals surface area contributed by atoms with Gasteiger partial charge in [0.05, 0.1) is 0 Å². The van der Waals surface area contributed by atoms with Gasteiger partial charge in [-0.1, -0.05) is 45.4 Å². The van der Waals surface area contributed by atoms with Crippen molar-refractivity contribution in [2.45, 2.75) is 51.9 Å². The topological polar surface area (TPSA) is 0 Å². The van der Waals surface area contributed by atoms with Gasteiger partial charge in [-0.25, -0.2) is 4.39 Å². The van der Waals surface area contributed by atoms with Crippen LogP contribution in [0.3, 0.4) is 0 Å². The Hall–Kier alpha value is 0.280. The monoisotopic (exact) mass is 192 g/mol. The van der Waals surface area contributed by atoms with Crippen molar-refractivity contribution in [2.75, 3.05) is 11.8 Å². The van der Waals surface area contributed by atoms with Crippen molar-refractivity contribution >= 4 is 11.8 Å². The molecule has 0 fully saturated rings. The van der Waals surface area contributed by atoms with Crippen molar-refractivity contribution in [3.8, 4) is 0 Å². The molecule has 0 bridgehead atoms. The second-order valence-corrected chi connectivity index (χ2v) is 4.17. The van der Waals surface area contributed by atoms with Crippen LogP contribution in [0.25, 0.3) is 0 Å². The minimum atomic E-state index is -0.212. The highest BCUT2D eigenvalue weighted by Crippen LogP contribution is 2.10. The maximum Gasteiger partial charge on any atom is 0.135 e. The normalized spacial score (nSPS) is 10.5. The number of halogens is 1. The lowest BCUT2D eigenvalue weighted by Gasteiger charge is -1.99. The van der Waals surface area contributed by atoms with Crippen LogP contribution < -0.4 is 0 Å². The van der Waals surface area contributed by atoms with E-state index in [0.717, 1.165) is 5.75 Å². The van der Waals surface area contributed by atoms with Crippen LogP contribution in [0.4, 0.5) is 4.39 Å². The fraction of sp³-hybridized carbons (Fsp3) is 1.00. The number of unbranched alkanes of at least 4 members (excludes halogenated alkanes) is 6. The zero-order chi connectivity index (χ0) is 9.07. The first-order valence-corrected chi connectivity index (χ1v) is 6.21. The summed E-state index contributed by atoms with van der Waals surface area (Å²) in [7, 11) is 0. The van der Waals surface area contributed by atoms with Crippen LogP contribution in [-0.2, 0) is 0 Å². The minimum absolute atomic E-state index is 0.212. The lowest BCUT2D eigenvalue weighted by Crippen LogP contribution is -1.82. The van der Waals surface area contributed by atoms with Crippen molar-refractivity contribution in [3.05, 3.63) is 0 Å². The molecule has 0 aliphatic rings. The number of rotatable bonds is 9. The second-order valence-electron chi connectivity index (χ2n) is 3.14. The standard InChI is InChI=1S/C10H21FS/c1-2-3-4-5-6-7-8-9-12-10-11/h2-10H2,1H3. The molecule has 0 heterocycles. The highest BCUT2D eigenvalue weighted by atomic mass is 32.2. The van der Waals surface area contributed by atoms with Gasteiger partial charge in [0.15, 0.2) is 0 Å². The molecule has 12 heavy (non-hydrogen) atoms. The van der Waals surface area contributed by atoms with Crippen molar-refractivity contribution in [2.24, 2.45) is 0 Å². The zero-order valence-electron chi connectivity index (χ0n) is 8.15. The molecule has 0 N–H and O–H groups in total.